The summed E-state index contributed by atoms with van der Waals surface area (Å²) in [5.41, 5.74) is 1.62. The maximum Gasteiger partial charge on any atom is 0.337 e. The van der Waals surface area contributed by atoms with Crippen molar-refractivity contribution in [2.24, 2.45) is 0 Å². The molecule has 3 amide bonds. The highest BCUT2D eigenvalue weighted by molar-refractivity contribution is 6.53. The minimum absolute atomic E-state index is 0.135. The van der Waals surface area contributed by atoms with Crippen LogP contribution in [0.1, 0.15) is 20.7 Å². The molecule has 4 rings (SSSR count). The van der Waals surface area contributed by atoms with Crippen molar-refractivity contribution < 1.29 is 23.9 Å². The van der Waals surface area contributed by atoms with E-state index in [1.54, 1.807) is 42.5 Å². The lowest BCUT2D eigenvalue weighted by Crippen LogP contribution is -2.32. The van der Waals surface area contributed by atoms with Gasteiger partial charge in [0.1, 0.15) is 10.7 Å². The Labute approximate surface area is 210 Å². The number of nitrogens with one attached hydrogen (secondary N) is 2. The molecule has 3 aromatic carbocycles. The summed E-state index contributed by atoms with van der Waals surface area (Å²) < 4.78 is 4.65. The summed E-state index contributed by atoms with van der Waals surface area (Å²) in [7, 11) is 1.25. The monoisotopic (exact) mass is 509 g/mol. The smallest absolute Gasteiger partial charge is 0.337 e. The molecule has 1 aliphatic rings. The molecule has 8 nitrogen and oxygen atoms in total. The molecule has 0 aromatic heterocycles. The highest BCUT2D eigenvalue weighted by Crippen LogP contribution is 2.30. The van der Waals surface area contributed by atoms with Gasteiger partial charge in [-0.05, 0) is 66.7 Å². The van der Waals surface area contributed by atoms with Crippen LogP contribution in [0.3, 0.4) is 0 Å². The third kappa shape index (κ3) is 5.03. The average molecular weight is 510 g/mol. The van der Waals surface area contributed by atoms with E-state index in [1.165, 1.54) is 37.4 Å². The van der Waals surface area contributed by atoms with Gasteiger partial charge in [0, 0.05) is 22.0 Å². The number of nitrogens with zero attached hydrogens (tertiary/aromatic N) is 1. The quantitative estimate of drug-likeness (QED) is 0.364. The van der Waals surface area contributed by atoms with Gasteiger partial charge in [-0.25, -0.2) is 9.69 Å². The molecule has 0 spiro atoms. The van der Waals surface area contributed by atoms with Gasteiger partial charge in [0.05, 0.1) is 18.4 Å². The van der Waals surface area contributed by atoms with E-state index in [-0.39, 0.29) is 27.9 Å². The van der Waals surface area contributed by atoms with Gasteiger partial charge >= 0.3 is 5.97 Å². The predicted molar refractivity (Wildman–Crippen MR) is 133 cm³/mol. The van der Waals surface area contributed by atoms with E-state index in [4.69, 9.17) is 23.2 Å². The molecule has 0 saturated heterocycles. The van der Waals surface area contributed by atoms with E-state index in [2.05, 4.69) is 15.4 Å². The lowest BCUT2D eigenvalue weighted by Gasteiger charge is -2.15. The lowest BCUT2D eigenvalue weighted by molar-refractivity contribution is -0.120. The Hall–Kier alpha value is -4.14. The SMILES string of the molecule is COC(=O)c1ccc(N2C(=O)C(Cl)=C(Nc3cccc(C(=O)Nc4ccc(Cl)cc4)c3)C2=O)cc1. The number of amides is 3. The van der Waals surface area contributed by atoms with Gasteiger partial charge in [0.2, 0.25) is 0 Å². The Balaban J connectivity index is 1.51. The van der Waals surface area contributed by atoms with Crippen LogP contribution in [0.5, 0.6) is 0 Å². The van der Waals surface area contributed by atoms with Gasteiger partial charge < -0.3 is 15.4 Å². The number of ether oxygens (including phenoxy) is 1. The van der Waals surface area contributed by atoms with Crippen LogP contribution in [0.2, 0.25) is 5.02 Å². The second kappa shape index (κ2) is 10.0. The van der Waals surface area contributed by atoms with Gasteiger partial charge in [-0.3, -0.25) is 14.4 Å². The molecule has 0 aliphatic carbocycles. The van der Waals surface area contributed by atoms with Crippen LogP contribution < -0.4 is 15.5 Å². The van der Waals surface area contributed by atoms with Crippen molar-refractivity contribution in [2.45, 2.75) is 0 Å². The first-order valence-electron chi connectivity index (χ1n) is 10.2. The van der Waals surface area contributed by atoms with Crippen LogP contribution in [0.4, 0.5) is 17.1 Å². The van der Waals surface area contributed by atoms with E-state index in [0.29, 0.717) is 22.0 Å². The van der Waals surface area contributed by atoms with Gasteiger partial charge in [-0.15, -0.1) is 0 Å². The molecule has 176 valence electrons. The molecule has 0 bridgehead atoms. The van der Waals surface area contributed by atoms with Crippen LogP contribution in [0.15, 0.2) is 83.5 Å². The fourth-order valence-corrected chi connectivity index (χ4v) is 3.67. The van der Waals surface area contributed by atoms with Crippen molar-refractivity contribution in [3.8, 4) is 0 Å². The number of rotatable bonds is 6. The Kier molecular flexibility index (Phi) is 6.86. The predicted octanol–water partition coefficient (Wildman–Crippen LogP) is 4.81. The number of hydrogen-bond acceptors (Lipinski definition) is 6. The van der Waals surface area contributed by atoms with Crippen molar-refractivity contribution >= 4 is 64.0 Å². The maximum atomic E-state index is 13.0. The van der Waals surface area contributed by atoms with Gasteiger partial charge in [0.25, 0.3) is 17.7 Å². The summed E-state index contributed by atoms with van der Waals surface area (Å²) in [5, 5.41) is 5.83. The number of benzene rings is 3. The summed E-state index contributed by atoms with van der Waals surface area (Å²) >= 11 is 12.1. The highest BCUT2D eigenvalue weighted by atomic mass is 35.5. The van der Waals surface area contributed by atoms with Crippen LogP contribution in [-0.4, -0.2) is 30.8 Å². The van der Waals surface area contributed by atoms with E-state index < -0.39 is 17.8 Å². The van der Waals surface area contributed by atoms with Crippen molar-refractivity contribution in [3.05, 3.63) is 99.7 Å². The minimum atomic E-state index is -0.721. The zero-order valence-electron chi connectivity index (χ0n) is 18.2. The van der Waals surface area contributed by atoms with Crippen molar-refractivity contribution in [1.29, 1.82) is 0 Å². The number of halogens is 2. The molecule has 35 heavy (non-hydrogen) atoms. The zero-order valence-corrected chi connectivity index (χ0v) is 19.7. The standard InChI is InChI=1S/C25H17Cl2N3O5/c1-35-25(34)14-5-11-19(12-6-14)30-23(32)20(27)21(24(30)33)28-18-4-2-3-15(13-18)22(31)29-17-9-7-16(26)8-10-17/h2-13,28H,1H3,(H,29,31). The summed E-state index contributed by atoms with van der Waals surface area (Å²) in [6, 6.07) is 18.8. The van der Waals surface area contributed by atoms with Crippen LogP contribution in [0.25, 0.3) is 0 Å². The van der Waals surface area contributed by atoms with E-state index >= 15 is 0 Å². The summed E-state index contributed by atoms with van der Waals surface area (Å²) in [4.78, 5) is 50.9. The molecule has 1 aliphatic heterocycles. The molecule has 0 unspecified atom stereocenters. The third-order valence-electron chi connectivity index (χ3n) is 5.07. The Bertz CT molecular complexity index is 1370. The number of carbonyl (C=O) groups excluding carboxylic acids is 4. The molecular formula is C25H17Cl2N3O5. The van der Waals surface area contributed by atoms with Crippen molar-refractivity contribution in [1.82, 2.24) is 0 Å². The van der Waals surface area contributed by atoms with Crippen molar-refractivity contribution in [2.75, 3.05) is 22.6 Å². The fraction of sp³-hybridized carbons (Fsp3) is 0.0400. The largest absolute Gasteiger partial charge is 0.465 e. The van der Waals surface area contributed by atoms with E-state index in [1.807, 2.05) is 0 Å². The maximum absolute atomic E-state index is 13.0. The molecule has 1 heterocycles. The molecule has 0 saturated carbocycles. The van der Waals surface area contributed by atoms with Gasteiger partial charge in [0.15, 0.2) is 0 Å². The minimum Gasteiger partial charge on any atom is -0.465 e. The molecule has 2 N–H and O–H groups in total. The summed E-state index contributed by atoms with van der Waals surface area (Å²) in [6.45, 7) is 0. The first-order chi connectivity index (χ1) is 16.8. The summed E-state index contributed by atoms with van der Waals surface area (Å²) in [6.07, 6.45) is 0. The van der Waals surface area contributed by atoms with E-state index in [0.717, 1.165) is 4.90 Å². The second-order valence-electron chi connectivity index (χ2n) is 7.34. The summed E-state index contributed by atoms with van der Waals surface area (Å²) in [5.74, 6) is -2.32. The first kappa shape index (κ1) is 24.0. The number of esters is 1. The molecule has 10 heteroatoms. The Morgan fingerprint density at radius 1 is 0.829 bits per heavy atom. The van der Waals surface area contributed by atoms with E-state index in [9.17, 15) is 19.2 Å². The second-order valence-corrected chi connectivity index (χ2v) is 8.15. The first-order valence-corrected chi connectivity index (χ1v) is 10.9. The van der Waals surface area contributed by atoms with Crippen LogP contribution >= 0.6 is 23.2 Å². The molecular weight excluding hydrogens is 493 g/mol. The number of hydrogen-bond donors (Lipinski definition) is 2. The third-order valence-corrected chi connectivity index (χ3v) is 5.67. The van der Waals surface area contributed by atoms with Crippen LogP contribution in [-0.2, 0) is 14.3 Å². The topological polar surface area (TPSA) is 105 Å². The number of imide groups is 1. The molecule has 0 radical (unpaired) electrons. The van der Waals surface area contributed by atoms with Gasteiger partial charge in [-0.2, -0.15) is 0 Å². The highest BCUT2D eigenvalue weighted by Gasteiger charge is 2.39. The lowest BCUT2D eigenvalue weighted by atomic mass is 10.1. The molecule has 3 aromatic rings. The number of carbonyl (C=O) groups is 4. The normalized spacial score (nSPS) is 13.2. The number of methoxy groups -OCH3 is 1. The van der Waals surface area contributed by atoms with Crippen molar-refractivity contribution in [3.63, 3.8) is 0 Å². The molecule has 0 atom stereocenters. The Morgan fingerprint density at radius 2 is 1.51 bits per heavy atom. The van der Waals surface area contributed by atoms with Crippen LogP contribution in [0, 0.1) is 0 Å². The Morgan fingerprint density at radius 3 is 2.17 bits per heavy atom. The zero-order chi connectivity index (χ0) is 25.1. The average Bonchev–Trinajstić information content (AvgIpc) is 3.08. The van der Waals surface area contributed by atoms with Gasteiger partial charge in [-0.1, -0.05) is 29.3 Å². The fourth-order valence-electron chi connectivity index (χ4n) is 3.33. The number of anilines is 3. The molecule has 0 fully saturated rings.